The quantitative estimate of drug-likeness (QED) is 0.254. The Bertz CT molecular complexity index is 626. The van der Waals surface area contributed by atoms with Gasteiger partial charge in [-0.05, 0) is 86.7 Å². The van der Waals surface area contributed by atoms with Gasteiger partial charge in [-0.25, -0.2) is 0 Å². The number of hydrogen-bond acceptors (Lipinski definition) is 2. The van der Waals surface area contributed by atoms with Crippen LogP contribution in [0, 0.1) is 10.8 Å². The molecule has 0 aliphatic heterocycles. The fourth-order valence-electron chi connectivity index (χ4n) is 4.53. The summed E-state index contributed by atoms with van der Waals surface area (Å²) in [6.07, 6.45) is 20.5. The first kappa shape index (κ1) is 21.5. The zero-order valence-electron chi connectivity index (χ0n) is 18.4. The standard InChI is InChI=1S/C26H42O2/c1-25(17-18-25)15-9-5-3-7-11-21-13-14-23(27)24(28)22(21)12-8-4-6-10-16-26(2)19-20-26/h13-14,27-28H,3-12,15-20H2,1-2H3. The van der Waals surface area contributed by atoms with Gasteiger partial charge in [0.05, 0.1) is 0 Å². The van der Waals surface area contributed by atoms with Crippen molar-refractivity contribution in [1.29, 1.82) is 0 Å². The number of benzene rings is 1. The molecule has 2 saturated carbocycles. The van der Waals surface area contributed by atoms with Crippen LogP contribution < -0.4 is 0 Å². The van der Waals surface area contributed by atoms with E-state index in [-0.39, 0.29) is 11.5 Å². The van der Waals surface area contributed by atoms with E-state index in [0.717, 1.165) is 24.8 Å². The van der Waals surface area contributed by atoms with Gasteiger partial charge in [0.25, 0.3) is 0 Å². The number of phenols is 2. The molecule has 3 rings (SSSR count). The van der Waals surface area contributed by atoms with E-state index < -0.39 is 0 Å². The Hall–Kier alpha value is -1.18. The lowest BCUT2D eigenvalue weighted by atomic mass is 9.94. The lowest BCUT2D eigenvalue weighted by molar-refractivity contribution is 0.397. The van der Waals surface area contributed by atoms with Crippen molar-refractivity contribution >= 4 is 0 Å². The zero-order valence-corrected chi connectivity index (χ0v) is 18.4. The summed E-state index contributed by atoms with van der Waals surface area (Å²) in [4.78, 5) is 0. The second-order valence-corrected chi connectivity index (χ2v) is 10.5. The topological polar surface area (TPSA) is 40.5 Å². The van der Waals surface area contributed by atoms with Gasteiger partial charge in [-0.1, -0.05) is 58.4 Å². The average Bonchev–Trinajstić information content (AvgIpc) is 3.58. The van der Waals surface area contributed by atoms with E-state index in [0.29, 0.717) is 10.8 Å². The van der Waals surface area contributed by atoms with E-state index in [4.69, 9.17) is 0 Å². The van der Waals surface area contributed by atoms with Crippen LogP contribution in [0.2, 0.25) is 0 Å². The summed E-state index contributed by atoms with van der Waals surface area (Å²) in [6.45, 7) is 4.83. The smallest absolute Gasteiger partial charge is 0.160 e. The van der Waals surface area contributed by atoms with E-state index in [9.17, 15) is 10.2 Å². The minimum atomic E-state index is 0.0399. The maximum atomic E-state index is 10.4. The molecule has 0 bridgehead atoms. The van der Waals surface area contributed by atoms with Crippen LogP contribution in [-0.4, -0.2) is 10.2 Å². The molecule has 0 saturated heterocycles. The summed E-state index contributed by atoms with van der Waals surface area (Å²) in [5.74, 6) is 0.169. The number of phenolic OH excluding ortho intramolecular Hbond substituents is 2. The normalized spacial score (nSPS) is 18.9. The molecule has 0 aromatic heterocycles. The van der Waals surface area contributed by atoms with Crippen LogP contribution in [0.3, 0.4) is 0 Å². The molecule has 1 aromatic rings. The summed E-state index contributed by atoms with van der Waals surface area (Å²) < 4.78 is 0. The molecule has 1 aromatic carbocycles. The Morgan fingerprint density at radius 1 is 0.679 bits per heavy atom. The van der Waals surface area contributed by atoms with E-state index in [1.165, 1.54) is 89.0 Å². The highest BCUT2D eigenvalue weighted by Crippen LogP contribution is 2.49. The van der Waals surface area contributed by atoms with E-state index in [1.807, 2.05) is 6.07 Å². The highest BCUT2D eigenvalue weighted by Gasteiger charge is 2.36. The lowest BCUT2D eigenvalue weighted by Crippen LogP contribution is -1.98. The van der Waals surface area contributed by atoms with Crippen molar-refractivity contribution < 1.29 is 10.2 Å². The van der Waals surface area contributed by atoms with Crippen LogP contribution in [0.5, 0.6) is 11.5 Å². The summed E-state index contributed by atoms with van der Waals surface area (Å²) in [5, 5.41) is 20.3. The predicted octanol–water partition coefficient (Wildman–Crippen LogP) is 7.68. The molecule has 2 aliphatic rings. The Morgan fingerprint density at radius 3 is 1.71 bits per heavy atom. The minimum absolute atomic E-state index is 0.0399. The molecule has 158 valence electrons. The Morgan fingerprint density at radius 2 is 1.18 bits per heavy atom. The molecule has 2 nitrogen and oxygen atoms in total. The second-order valence-electron chi connectivity index (χ2n) is 10.5. The number of unbranched alkanes of at least 4 members (excludes halogenated alkanes) is 6. The monoisotopic (exact) mass is 386 g/mol. The molecular weight excluding hydrogens is 344 g/mol. The van der Waals surface area contributed by atoms with E-state index in [2.05, 4.69) is 13.8 Å². The summed E-state index contributed by atoms with van der Waals surface area (Å²) in [6, 6.07) is 3.70. The van der Waals surface area contributed by atoms with Crippen molar-refractivity contribution in [2.45, 2.75) is 117 Å². The van der Waals surface area contributed by atoms with Gasteiger partial charge in [-0.2, -0.15) is 0 Å². The SMILES string of the molecule is CC1(CCCCCCc2ccc(O)c(O)c2CCCCCCC2(C)CC2)CC1. The molecule has 2 heteroatoms. The van der Waals surface area contributed by atoms with E-state index >= 15 is 0 Å². The van der Waals surface area contributed by atoms with Gasteiger partial charge in [-0.3, -0.25) is 0 Å². The van der Waals surface area contributed by atoms with Gasteiger partial charge in [0.2, 0.25) is 0 Å². The largest absolute Gasteiger partial charge is 0.504 e. The molecule has 0 atom stereocenters. The highest BCUT2D eigenvalue weighted by atomic mass is 16.3. The maximum Gasteiger partial charge on any atom is 0.160 e. The zero-order chi connectivity index (χ0) is 20.0. The average molecular weight is 387 g/mol. The molecule has 28 heavy (non-hydrogen) atoms. The number of aromatic hydroxyl groups is 2. The third kappa shape index (κ3) is 6.71. The number of hydrogen-bond donors (Lipinski definition) is 2. The molecule has 0 radical (unpaired) electrons. The van der Waals surface area contributed by atoms with Crippen LogP contribution in [0.25, 0.3) is 0 Å². The van der Waals surface area contributed by atoms with Crippen molar-refractivity contribution in [2.75, 3.05) is 0 Å². The highest BCUT2D eigenvalue weighted by molar-refractivity contribution is 5.49. The molecule has 2 aliphatic carbocycles. The van der Waals surface area contributed by atoms with Gasteiger partial charge in [0.15, 0.2) is 11.5 Å². The number of rotatable bonds is 14. The molecule has 0 spiro atoms. The van der Waals surface area contributed by atoms with Crippen LogP contribution in [-0.2, 0) is 12.8 Å². The van der Waals surface area contributed by atoms with Crippen molar-refractivity contribution in [1.82, 2.24) is 0 Å². The summed E-state index contributed by atoms with van der Waals surface area (Å²) in [5.41, 5.74) is 3.61. The molecule has 0 unspecified atom stereocenters. The van der Waals surface area contributed by atoms with Gasteiger partial charge in [-0.15, -0.1) is 0 Å². The predicted molar refractivity (Wildman–Crippen MR) is 118 cm³/mol. The molecule has 2 fully saturated rings. The first-order chi connectivity index (χ1) is 13.4. The van der Waals surface area contributed by atoms with Crippen LogP contribution in [0.15, 0.2) is 12.1 Å². The molecule has 2 N–H and O–H groups in total. The molecular formula is C26H42O2. The van der Waals surface area contributed by atoms with Crippen molar-refractivity contribution in [3.63, 3.8) is 0 Å². The minimum Gasteiger partial charge on any atom is -0.504 e. The van der Waals surface area contributed by atoms with Crippen LogP contribution in [0.4, 0.5) is 0 Å². The Labute approximate surface area is 172 Å². The first-order valence-electron chi connectivity index (χ1n) is 11.9. The van der Waals surface area contributed by atoms with Crippen LogP contribution >= 0.6 is 0 Å². The second kappa shape index (κ2) is 9.55. The third-order valence-electron chi connectivity index (χ3n) is 7.50. The number of aryl methyl sites for hydroxylation is 1. The lowest BCUT2D eigenvalue weighted by Gasteiger charge is -2.13. The Balaban J connectivity index is 1.36. The fraction of sp³-hybridized carbons (Fsp3) is 0.769. The summed E-state index contributed by atoms with van der Waals surface area (Å²) in [7, 11) is 0. The van der Waals surface area contributed by atoms with Gasteiger partial charge >= 0.3 is 0 Å². The first-order valence-corrected chi connectivity index (χ1v) is 11.9. The molecule has 0 heterocycles. The molecule has 0 amide bonds. The van der Waals surface area contributed by atoms with Crippen molar-refractivity contribution in [3.05, 3.63) is 23.3 Å². The third-order valence-corrected chi connectivity index (χ3v) is 7.50. The van der Waals surface area contributed by atoms with Crippen molar-refractivity contribution in [3.8, 4) is 11.5 Å². The maximum absolute atomic E-state index is 10.4. The van der Waals surface area contributed by atoms with Crippen LogP contribution in [0.1, 0.15) is 115 Å². The summed E-state index contributed by atoms with van der Waals surface area (Å²) >= 11 is 0. The van der Waals surface area contributed by atoms with Gasteiger partial charge in [0.1, 0.15) is 0 Å². The Kier molecular flexibility index (Phi) is 7.34. The van der Waals surface area contributed by atoms with E-state index in [1.54, 1.807) is 6.07 Å². The van der Waals surface area contributed by atoms with Gasteiger partial charge in [0, 0.05) is 5.56 Å². The fourth-order valence-corrected chi connectivity index (χ4v) is 4.53. The van der Waals surface area contributed by atoms with Gasteiger partial charge < -0.3 is 10.2 Å². The van der Waals surface area contributed by atoms with Crippen molar-refractivity contribution in [2.24, 2.45) is 10.8 Å².